The average Bonchev–Trinajstić information content (AvgIpc) is 3.19. The Morgan fingerprint density at radius 1 is 0.933 bits per heavy atom. The fourth-order valence-corrected chi connectivity index (χ4v) is 3.74. The molecule has 1 aliphatic rings. The number of phenolic OH excluding ortho intramolecular Hbond substituents is 1. The normalized spacial score (nSPS) is 14.4. The molecule has 1 aliphatic heterocycles. The van der Waals surface area contributed by atoms with Crippen LogP contribution in [-0.4, -0.2) is 55.8 Å². The molecule has 4 aromatic rings. The third kappa shape index (κ3) is 3.24. The number of benzene rings is 1. The lowest BCUT2D eigenvalue weighted by molar-refractivity contribution is 0.475. The lowest BCUT2D eigenvalue weighted by Crippen LogP contribution is -2.47. The monoisotopic (exact) mass is 402 g/mol. The molecule has 1 aromatic carbocycles. The number of aryl methyl sites for hydroxylation is 1. The molecule has 1 saturated heterocycles. The first-order valence-corrected chi connectivity index (χ1v) is 9.80. The van der Waals surface area contributed by atoms with E-state index in [0.29, 0.717) is 22.9 Å². The van der Waals surface area contributed by atoms with Crippen molar-refractivity contribution >= 4 is 28.6 Å². The Morgan fingerprint density at radius 2 is 1.67 bits per heavy atom. The molecule has 0 saturated carbocycles. The highest BCUT2D eigenvalue weighted by atomic mass is 16.3. The fourth-order valence-electron chi connectivity index (χ4n) is 3.74. The number of hydrogen-bond donors (Lipinski definition) is 2. The Hall–Kier alpha value is -3.88. The largest absolute Gasteiger partial charge is 0.508 e. The highest BCUT2D eigenvalue weighted by molar-refractivity contribution is 5.84. The van der Waals surface area contributed by atoms with Crippen molar-refractivity contribution in [3.05, 3.63) is 54.6 Å². The summed E-state index contributed by atoms with van der Waals surface area (Å²) in [5.74, 6) is 1.25. The van der Waals surface area contributed by atoms with Crippen LogP contribution in [-0.2, 0) is 0 Å². The van der Waals surface area contributed by atoms with Crippen LogP contribution in [0.4, 0.5) is 17.5 Å². The van der Waals surface area contributed by atoms with Crippen LogP contribution in [0.25, 0.3) is 16.9 Å². The molecule has 0 amide bonds. The molecule has 4 heterocycles. The summed E-state index contributed by atoms with van der Waals surface area (Å²) >= 11 is 0. The smallest absolute Gasteiger partial charge is 0.229 e. The number of nitrogens with two attached hydrogens (primary N) is 1. The van der Waals surface area contributed by atoms with Crippen molar-refractivity contribution in [3.8, 4) is 11.4 Å². The molecule has 0 aliphatic carbocycles. The predicted octanol–water partition coefficient (Wildman–Crippen LogP) is 2.13. The van der Waals surface area contributed by atoms with Crippen LogP contribution in [0.3, 0.4) is 0 Å². The number of aromatic hydroxyl groups is 1. The van der Waals surface area contributed by atoms with Gasteiger partial charge in [0, 0.05) is 38.1 Å². The second-order valence-electron chi connectivity index (χ2n) is 7.41. The number of aromatic nitrogens is 5. The van der Waals surface area contributed by atoms with Gasteiger partial charge in [-0.05, 0) is 42.8 Å². The Balaban J connectivity index is 1.42. The van der Waals surface area contributed by atoms with Crippen LogP contribution < -0.4 is 15.5 Å². The fraction of sp³-hybridized carbons (Fsp3) is 0.238. The summed E-state index contributed by atoms with van der Waals surface area (Å²) in [6.07, 6.45) is 5.30. The van der Waals surface area contributed by atoms with Crippen molar-refractivity contribution in [2.75, 3.05) is 41.7 Å². The standard InChI is InChI=1S/C21H22N8O/c1-14-10-16(12-23-11-14)29-13-24-18-19(22)25-21(26-20(18)29)28-8-6-27(7-9-28)15-2-4-17(30)5-3-15/h2-5,10-13,30H,6-9H2,1H3,(H2,22,25,26). The van der Waals surface area contributed by atoms with Gasteiger partial charge in [0.2, 0.25) is 5.95 Å². The molecule has 3 aromatic heterocycles. The summed E-state index contributed by atoms with van der Waals surface area (Å²) in [5.41, 5.74) is 10.5. The summed E-state index contributed by atoms with van der Waals surface area (Å²) < 4.78 is 1.89. The maximum atomic E-state index is 9.49. The van der Waals surface area contributed by atoms with Crippen LogP contribution in [0.1, 0.15) is 5.56 Å². The zero-order chi connectivity index (χ0) is 20.7. The molecule has 0 bridgehead atoms. The minimum atomic E-state index is 0.273. The van der Waals surface area contributed by atoms with Gasteiger partial charge in [-0.1, -0.05) is 0 Å². The van der Waals surface area contributed by atoms with Gasteiger partial charge in [0.05, 0.1) is 11.9 Å². The molecule has 152 valence electrons. The van der Waals surface area contributed by atoms with Crippen LogP contribution in [0.2, 0.25) is 0 Å². The summed E-state index contributed by atoms with van der Waals surface area (Å²) in [6, 6.07) is 9.31. The number of phenols is 1. The number of piperazine rings is 1. The topological polar surface area (TPSA) is 109 Å². The number of nitrogen functional groups attached to an aromatic ring is 1. The van der Waals surface area contributed by atoms with Gasteiger partial charge < -0.3 is 20.6 Å². The van der Waals surface area contributed by atoms with Crippen molar-refractivity contribution in [1.29, 1.82) is 0 Å². The van der Waals surface area contributed by atoms with E-state index in [4.69, 9.17) is 10.7 Å². The average molecular weight is 402 g/mol. The first-order chi connectivity index (χ1) is 14.6. The molecule has 30 heavy (non-hydrogen) atoms. The van der Waals surface area contributed by atoms with Crippen LogP contribution in [0.5, 0.6) is 5.75 Å². The molecule has 3 N–H and O–H groups in total. The maximum absolute atomic E-state index is 9.49. The lowest BCUT2D eigenvalue weighted by Gasteiger charge is -2.36. The van der Waals surface area contributed by atoms with Gasteiger partial charge in [-0.3, -0.25) is 9.55 Å². The van der Waals surface area contributed by atoms with E-state index in [1.807, 2.05) is 35.9 Å². The third-order valence-electron chi connectivity index (χ3n) is 5.33. The van der Waals surface area contributed by atoms with E-state index in [2.05, 4.69) is 24.8 Å². The van der Waals surface area contributed by atoms with Gasteiger partial charge in [-0.2, -0.15) is 9.97 Å². The maximum Gasteiger partial charge on any atom is 0.229 e. The van der Waals surface area contributed by atoms with Crippen molar-refractivity contribution < 1.29 is 5.11 Å². The SMILES string of the molecule is Cc1cncc(-n2cnc3c(N)nc(N4CCN(c5ccc(O)cc5)CC4)nc32)c1. The van der Waals surface area contributed by atoms with Crippen molar-refractivity contribution in [2.45, 2.75) is 6.92 Å². The van der Waals surface area contributed by atoms with Gasteiger partial charge in [-0.15, -0.1) is 0 Å². The van der Waals surface area contributed by atoms with E-state index >= 15 is 0 Å². The van der Waals surface area contributed by atoms with Gasteiger partial charge in [0.1, 0.15) is 12.1 Å². The van der Waals surface area contributed by atoms with E-state index < -0.39 is 0 Å². The van der Waals surface area contributed by atoms with E-state index in [0.717, 1.165) is 43.1 Å². The number of nitrogens with zero attached hydrogens (tertiary/aromatic N) is 7. The lowest BCUT2D eigenvalue weighted by atomic mass is 10.2. The van der Waals surface area contributed by atoms with Crippen LogP contribution in [0, 0.1) is 6.92 Å². The Bertz CT molecular complexity index is 1200. The Labute approximate surface area is 173 Å². The summed E-state index contributed by atoms with van der Waals surface area (Å²) in [6.45, 7) is 5.19. The molecule has 0 spiro atoms. The zero-order valence-corrected chi connectivity index (χ0v) is 16.6. The molecule has 9 nitrogen and oxygen atoms in total. The highest BCUT2D eigenvalue weighted by Gasteiger charge is 2.22. The van der Waals surface area contributed by atoms with Gasteiger partial charge in [0.15, 0.2) is 17.0 Å². The number of pyridine rings is 1. The third-order valence-corrected chi connectivity index (χ3v) is 5.33. The molecule has 0 radical (unpaired) electrons. The minimum absolute atomic E-state index is 0.273. The quantitative estimate of drug-likeness (QED) is 0.536. The molecule has 5 rings (SSSR count). The Kier molecular flexibility index (Phi) is 4.35. The minimum Gasteiger partial charge on any atom is -0.508 e. The van der Waals surface area contributed by atoms with Gasteiger partial charge in [0.25, 0.3) is 0 Å². The Morgan fingerprint density at radius 3 is 2.40 bits per heavy atom. The number of fused-ring (bicyclic) bond motifs is 1. The van der Waals surface area contributed by atoms with Crippen molar-refractivity contribution in [3.63, 3.8) is 0 Å². The highest BCUT2D eigenvalue weighted by Crippen LogP contribution is 2.25. The first kappa shape index (κ1) is 18.2. The van der Waals surface area contributed by atoms with Crippen LogP contribution >= 0.6 is 0 Å². The molecular formula is C21H22N8O. The summed E-state index contributed by atoms with van der Waals surface area (Å²) in [7, 11) is 0. The van der Waals surface area contributed by atoms with E-state index in [-0.39, 0.29) is 5.75 Å². The zero-order valence-electron chi connectivity index (χ0n) is 16.6. The summed E-state index contributed by atoms with van der Waals surface area (Å²) in [4.78, 5) is 22.4. The number of hydrogen-bond acceptors (Lipinski definition) is 8. The first-order valence-electron chi connectivity index (χ1n) is 9.80. The van der Waals surface area contributed by atoms with Crippen molar-refractivity contribution in [1.82, 2.24) is 24.5 Å². The van der Waals surface area contributed by atoms with Crippen molar-refractivity contribution in [2.24, 2.45) is 0 Å². The number of anilines is 3. The molecule has 9 heteroatoms. The van der Waals surface area contributed by atoms with E-state index in [9.17, 15) is 5.11 Å². The molecule has 1 fully saturated rings. The van der Waals surface area contributed by atoms with Crippen LogP contribution in [0.15, 0.2) is 49.1 Å². The second-order valence-corrected chi connectivity index (χ2v) is 7.41. The predicted molar refractivity (Wildman–Crippen MR) is 116 cm³/mol. The molecule has 0 unspecified atom stereocenters. The second kappa shape index (κ2) is 7.18. The number of imidazole rings is 1. The molecular weight excluding hydrogens is 380 g/mol. The van der Waals surface area contributed by atoms with E-state index in [1.54, 1.807) is 24.7 Å². The van der Waals surface area contributed by atoms with E-state index in [1.165, 1.54) is 0 Å². The molecule has 0 atom stereocenters. The van der Waals surface area contributed by atoms with Gasteiger partial charge in [-0.25, -0.2) is 4.98 Å². The summed E-state index contributed by atoms with van der Waals surface area (Å²) in [5, 5.41) is 9.49. The van der Waals surface area contributed by atoms with Gasteiger partial charge >= 0.3 is 0 Å². The number of rotatable bonds is 3.